The number of likely N-dealkylation sites (N-methyl/N-ethyl adjacent to an activating group) is 1. The smallest absolute Gasteiger partial charge is 0.315 e. The first kappa shape index (κ1) is 34.3. The minimum atomic E-state index is -0.559. The quantitative estimate of drug-likeness (QED) is 0.133. The largest absolute Gasteiger partial charge is 0.392 e. The Labute approximate surface area is 289 Å². The summed E-state index contributed by atoms with van der Waals surface area (Å²) in [7, 11) is 2.17. The van der Waals surface area contributed by atoms with E-state index >= 15 is 0 Å². The molecule has 0 bridgehead atoms. The van der Waals surface area contributed by atoms with Crippen molar-refractivity contribution in [3.05, 3.63) is 143 Å². The molecule has 0 saturated carbocycles. The molecule has 7 nitrogen and oxygen atoms in total. The van der Waals surface area contributed by atoms with Gasteiger partial charge in [-0.05, 0) is 71.1 Å². The van der Waals surface area contributed by atoms with Crippen LogP contribution in [0.5, 0.6) is 0 Å². The molecular formula is C42H47N3O4. The number of hydrogen-bond donors (Lipinski definition) is 3. The molecule has 49 heavy (non-hydrogen) atoms. The van der Waals surface area contributed by atoms with Crippen molar-refractivity contribution < 1.29 is 19.4 Å². The van der Waals surface area contributed by atoms with Crippen molar-refractivity contribution in [2.75, 3.05) is 20.1 Å². The van der Waals surface area contributed by atoms with Crippen LogP contribution in [0.1, 0.15) is 67.0 Å². The molecule has 0 spiro atoms. The molecule has 0 radical (unpaired) electrons. The number of amides is 2. The van der Waals surface area contributed by atoms with E-state index in [1.165, 1.54) is 16.3 Å². The second kappa shape index (κ2) is 15.8. The van der Waals surface area contributed by atoms with Crippen LogP contribution in [0.15, 0.2) is 115 Å². The maximum Gasteiger partial charge on any atom is 0.315 e. The highest BCUT2D eigenvalue weighted by atomic mass is 16.7. The van der Waals surface area contributed by atoms with Gasteiger partial charge in [0.05, 0.1) is 18.8 Å². The van der Waals surface area contributed by atoms with Crippen LogP contribution in [0.2, 0.25) is 0 Å². The van der Waals surface area contributed by atoms with Crippen molar-refractivity contribution in [1.82, 2.24) is 15.5 Å². The summed E-state index contributed by atoms with van der Waals surface area (Å²) in [6, 6.07) is 39.7. The summed E-state index contributed by atoms with van der Waals surface area (Å²) in [5.74, 6) is 0.0750. The molecule has 2 amide bonds. The summed E-state index contributed by atoms with van der Waals surface area (Å²) in [6.07, 6.45) is -0.853. The van der Waals surface area contributed by atoms with E-state index in [0.717, 1.165) is 39.9 Å². The van der Waals surface area contributed by atoms with Crippen molar-refractivity contribution >= 4 is 16.8 Å². The van der Waals surface area contributed by atoms with Crippen molar-refractivity contribution in [3.8, 4) is 11.1 Å². The van der Waals surface area contributed by atoms with E-state index in [-0.39, 0.29) is 36.8 Å². The Morgan fingerprint density at radius 1 is 0.837 bits per heavy atom. The predicted molar refractivity (Wildman–Crippen MR) is 196 cm³/mol. The van der Waals surface area contributed by atoms with Crippen molar-refractivity contribution in [2.45, 2.75) is 58.5 Å². The first-order valence-corrected chi connectivity index (χ1v) is 17.2. The third kappa shape index (κ3) is 8.03. The summed E-state index contributed by atoms with van der Waals surface area (Å²) < 4.78 is 13.6. The van der Waals surface area contributed by atoms with E-state index in [2.05, 4.69) is 121 Å². The van der Waals surface area contributed by atoms with Crippen LogP contribution >= 0.6 is 0 Å². The van der Waals surface area contributed by atoms with Gasteiger partial charge < -0.3 is 25.2 Å². The third-order valence-corrected chi connectivity index (χ3v) is 9.80. The normalized spacial score (nSPS) is 19.9. The Morgan fingerprint density at radius 2 is 1.53 bits per heavy atom. The molecule has 6 rings (SSSR count). The number of urea groups is 1. The molecule has 254 valence electrons. The van der Waals surface area contributed by atoms with Crippen LogP contribution in [0.25, 0.3) is 21.9 Å². The number of ether oxygens (including phenoxy) is 2. The molecule has 1 aliphatic rings. The Bertz CT molecular complexity index is 1840. The summed E-state index contributed by atoms with van der Waals surface area (Å²) in [5, 5.41) is 17.9. The van der Waals surface area contributed by atoms with E-state index in [0.29, 0.717) is 13.1 Å². The number of nitrogens with zero attached hydrogens (tertiary/aromatic N) is 1. The van der Waals surface area contributed by atoms with Gasteiger partial charge in [-0.1, -0.05) is 116 Å². The van der Waals surface area contributed by atoms with Gasteiger partial charge in [0.25, 0.3) is 0 Å². The fraction of sp³-hybridized carbons (Fsp3) is 0.310. The Kier molecular flexibility index (Phi) is 11.1. The molecule has 5 aromatic carbocycles. The number of benzene rings is 5. The molecule has 5 atom stereocenters. The highest BCUT2D eigenvalue weighted by molar-refractivity contribution is 5.83. The molecule has 5 aromatic rings. The van der Waals surface area contributed by atoms with Gasteiger partial charge in [-0.15, -0.1) is 0 Å². The number of carbonyl (C=O) groups excluding carboxylic acids is 1. The Morgan fingerprint density at radius 3 is 2.27 bits per heavy atom. The number of fused-ring (bicyclic) bond motifs is 1. The summed E-state index contributed by atoms with van der Waals surface area (Å²) in [5.41, 5.74) is 7.31. The second-order valence-corrected chi connectivity index (χ2v) is 13.0. The van der Waals surface area contributed by atoms with Crippen LogP contribution < -0.4 is 10.6 Å². The van der Waals surface area contributed by atoms with Crippen LogP contribution in [-0.4, -0.2) is 42.3 Å². The zero-order valence-electron chi connectivity index (χ0n) is 28.8. The monoisotopic (exact) mass is 657 g/mol. The molecule has 1 aliphatic heterocycles. The maximum absolute atomic E-state index is 12.1. The molecule has 0 aliphatic carbocycles. The molecule has 1 saturated heterocycles. The lowest BCUT2D eigenvalue weighted by Gasteiger charge is -2.43. The van der Waals surface area contributed by atoms with Gasteiger partial charge in [0, 0.05) is 37.2 Å². The highest BCUT2D eigenvalue weighted by Crippen LogP contribution is 2.42. The van der Waals surface area contributed by atoms with E-state index in [1.807, 2.05) is 37.3 Å². The summed E-state index contributed by atoms with van der Waals surface area (Å²) in [6.45, 7) is 8.09. The van der Waals surface area contributed by atoms with Gasteiger partial charge >= 0.3 is 6.03 Å². The average molecular weight is 658 g/mol. The van der Waals surface area contributed by atoms with E-state index in [4.69, 9.17) is 9.47 Å². The molecule has 1 heterocycles. The number of carbonyl (C=O) groups is 1. The molecule has 0 aromatic heterocycles. The van der Waals surface area contributed by atoms with Gasteiger partial charge in [0.1, 0.15) is 0 Å². The fourth-order valence-electron chi connectivity index (χ4n) is 6.67. The Balaban J connectivity index is 1.24. The standard InChI is InChI=1S/C42H47N3O4/c1-5-43-42(47)44-25-37-12-8-9-13-38(37)32-19-21-34(22-20-32)41-48-39(28(2)40(49-41)33-16-14-30(27-46)15-17-33)26-45(4)29(3)35-23-18-31-10-6-7-11-36(31)24-35/h6-24,28-29,39-41,46H,5,25-27H2,1-4H3,(H2,43,44,47). The molecule has 1 fully saturated rings. The van der Waals surface area contributed by atoms with Gasteiger partial charge in [0.15, 0.2) is 6.29 Å². The number of hydrogen-bond acceptors (Lipinski definition) is 5. The molecule has 7 heteroatoms. The average Bonchev–Trinajstić information content (AvgIpc) is 3.14. The zero-order valence-corrected chi connectivity index (χ0v) is 28.8. The van der Waals surface area contributed by atoms with E-state index in [9.17, 15) is 9.90 Å². The maximum atomic E-state index is 12.1. The third-order valence-electron chi connectivity index (χ3n) is 9.80. The van der Waals surface area contributed by atoms with Gasteiger partial charge in [-0.3, -0.25) is 4.90 Å². The van der Waals surface area contributed by atoms with Crippen LogP contribution in [0, 0.1) is 5.92 Å². The van der Waals surface area contributed by atoms with Crippen molar-refractivity contribution in [3.63, 3.8) is 0 Å². The summed E-state index contributed by atoms with van der Waals surface area (Å²) >= 11 is 0. The zero-order chi connectivity index (χ0) is 34.3. The number of nitrogens with one attached hydrogen (secondary N) is 2. The first-order chi connectivity index (χ1) is 23.8. The molecule has 5 unspecified atom stereocenters. The van der Waals surface area contributed by atoms with Gasteiger partial charge in [-0.25, -0.2) is 4.79 Å². The van der Waals surface area contributed by atoms with Gasteiger partial charge in [-0.2, -0.15) is 0 Å². The number of aliphatic hydroxyl groups excluding tert-OH is 1. The van der Waals surface area contributed by atoms with Crippen LogP contribution in [-0.2, 0) is 22.6 Å². The van der Waals surface area contributed by atoms with E-state index < -0.39 is 6.29 Å². The van der Waals surface area contributed by atoms with E-state index in [1.54, 1.807) is 0 Å². The topological polar surface area (TPSA) is 83.1 Å². The number of rotatable bonds is 11. The van der Waals surface area contributed by atoms with Crippen molar-refractivity contribution in [2.24, 2.45) is 5.92 Å². The van der Waals surface area contributed by atoms with Crippen LogP contribution in [0.3, 0.4) is 0 Å². The lowest BCUT2D eigenvalue weighted by atomic mass is 9.89. The summed E-state index contributed by atoms with van der Waals surface area (Å²) in [4.78, 5) is 14.4. The fourth-order valence-corrected chi connectivity index (χ4v) is 6.67. The second-order valence-electron chi connectivity index (χ2n) is 13.0. The molecular weight excluding hydrogens is 610 g/mol. The minimum absolute atomic E-state index is 0.00461. The SMILES string of the molecule is CCNC(=O)NCc1ccccc1-c1ccc(C2OC(CN(C)C(C)c3ccc4ccccc4c3)C(C)C(c3ccc(CO)cc3)O2)cc1. The lowest BCUT2D eigenvalue weighted by Crippen LogP contribution is -2.44. The number of aliphatic hydroxyl groups is 1. The molecule has 3 N–H and O–H groups in total. The first-order valence-electron chi connectivity index (χ1n) is 17.2. The van der Waals surface area contributed by atoms with Crippen LogP contribution in [0.4, 0.5) is 4.79 Å². The lowest BCUT2D eigenvalue weighted by molar-refractivity contribution is -0.276. The Hall–Kier alpha value is -4.53. The van der Waals surface area contributed by atoms with Crippen molar-refractivity contribution in [1.29, 1.82) is 0 Å². The predicted octanol–water partition coefficient (Wildman–Crippen LogP) is 8.30. The van der Waals surface area contributed by atoms with Gasteiger partial charge in [0.2, 0.25) is 0 Å². The minimum Gasteiger partial charge on any atom is -0.392 e. The highest BCUT2D eigenvalue weighted by Gasteiger charge is 2.39.